The molecule has 0 aliphatic rings. The second kappa shape index (κ2) is 8.43. The predicted molar refractivity (Wildman–Crippen MR) is 90.5 cm³/mol. The van der Waals surface area contributed by atoms with Gasteiger partial charge in [0.15, 0.2) is 5.58 Å². The Labute approximate surface area is 143 Å². The van der Waals surface area contributed by atoms with Gasteiger partial charge in [-0.1, -0.05) is 0 Å². The maximum atomic E-state index is 12.0. The van der Waals surface area contributed by atoms with Gasteiger partial charge in [-0.2, -0.15) is 0 Å². The molecular formula is C16H21N3O6. The molecule has 9 nitrogen and oxygen atoms in total. The van der Waals surface area contributed by atoms with Crippen LogP contribution in [0.5, 0.6) is 0 Å². The molecule has 0 N–H and O–H groups in total. The number of benzene rings is 1. The molecule has 0 spiro atoms. The summed E-state index contributed by atoms with van der Waals surface area (Å²) in [6.45, 7) is 1.52. The zero-order chi connectivity index (χ0) is 18.4. The lowest BCUT2D eigenvalue weighted by molar-refractivity contribution is -0.384. The Morgan fingerprint density at radius 2 is 2.16 bits per heavy atom. The van der Waals surface area contributed by atoms with E-state index in [0.29, 0.717) is 38.1 Å². The number of amides is 1. The van der Waals surface area contributed by atoms with Crippen LogP contribution >= 0.6 is 0 Å². The van der Waals surface area contributed by atoms with Crippen LogP contribution in [0, 0.1) is 10.1 Å². The molecular weight excluding hydrogens is 330 g/mol. The lowest BCUT2D eigenvalue weighted by atomic mass is 10.2. The van der Waals surface area contributed by atoms with Crippen LogP contribution in [0.1, 0.15) is 19.3 Å². The minimum atomic E-state index is -0.587. The lowest BCUT2D eigenvalue weighted by Crippen LogP contribution is -2.28. The molecule has 9 heteroatoms. The van der Waals surface area contributed by atoms with Crippen molar-refractivity contribution in [2.45, 2.75) is 25.8 Å². The van der Waals surface area contributed by atoms with Gasteiger partial charge in [-0.15, -0.1) is 0 Å². The third-order valence-electron chi connectivity index (χ3n) is 3.90. The van der Waals surface area contributed by atoms with E-state index >= 15 is 0 Å². The van der Waals surface area contributed by atoms with Crippen molar-refractivity contribution in [3.05, 3.63) is 38.9 Å². The summed E-state index contributed by atoms with van der Waals surface area (Å²) in [7, 11) is 3.35. The number of aryl methyl sites for hydroxylation is 1. The zero-order valence-electron chi connectivity index (χ0n) is 14.3. The Kier molecular flexibility index (Phi) is 6.29. The number of nitro benzene ring substituents is 1. The molecule has 0 saturated carbocycles. The van der Waals surface area contributed by atoms with Gasteiger partial charge in [0.05, 0.1) is 16.5 Å². The summed E-state index contributed by atoms with van der Waals surface area (Å²) in [6, 6.07) is 4.03. The van der Waals surface area contributed by atoms with E-state index < -0.39 is 10.7 Å². The summed E-state index contributed by atoms with van der Waals surface area (Å²) < 4.78 is 11.4. The number of oxazole rings is 1. The molecule has 1 amide bonds. The molecule has 2 rings (SSSR count). The van der Waals surface area contributed by atoms with E-state index in [9.17, 15) is 19.7 Å². The number of hydrogen-bond donors (Lipinski definition) is 0. The van der Waals surface area contributed by atoms with Crippen molar-refractivity contribution in [3.63, 3.8) is 0 Å². The Morgan fingerprint density at radius 1 is 1.40 bits per heavy atom. The number of nitrogens with zero attached hydrogens (tertiary/aromatic N) is 3. The van der Waals surface area contributed by atoms with Gasteiger partial charge in [-0.05, 0) is 18.9 Å². The summed E-state index contributed by atoms with van der Waals surface area (Å²) in [5.74, 6) is -0.594. The molecule has 0 bridgehead atoms. The lowest BCUT2D eigenvalue weighted by Gasteiger charge is -2.16. The molecule has 0 atom stereocenters. The van der Waals surface area contributed by atoms with Gasteiger partial charge in [0.25, 0.3) is 5.69 Å². The number of fused-ring (bicyclic) bond motifs is 1. The highest BCUT2D eigenvalue weighted by Crippen LogP contribution is 2.20. The fourth-order valence-electron chi connectivity index (χ4n) is 2.53. The number of methoxy groups -OCH3 is 1. The normalized spacial score (nSPS) is 11.0. The van der Waals surface area contributed by atoms with Crippen LogP contribution in [0.2, 0.25) is 0 Å². The molecule has 0 aliphatic carbocycles. The number of ether oxygens (including phenoxy) is 1. The number of hydrogen-bond acceptors (Lipinski definition) is 6. The summed E-state index contributed by atoms with van der Waals surface area (Å²) in [4.78, 5) is 35.8. The number of carbonyl (C=O) groups is 1. The Balaban J connectivity index is 1.97. The fraction of sp³-hybridized carbons (Fsp3) is 0.500. The maximum absolute atomic E-state index is 12.0. The Hall–Kier alpha value is -2.68. The standard InChI is InChI=1S/C16H21N3O6/c1-17(8-4-10-24-2)15(20)5-3-9-18-13-7-6-12(19(22)23)11-14(13)25-16(18)21/h6-7,11H,3-5,8-10H2,1-2H3. The van der Waals surface area contributed by atoms with E-state index in [0.717, 1.165) is 6.42 Å². The summed E-state index contributed by atoms with van der Waals surface area (Å²) in [5, 5.41) is 10.8. The van der Waals surface area contributed by atoms with Crippen LogP contribution in [0.15, 0.2) is 27.4 Å². The van der Waals surface area contributed by atoms with Gasteiger partial charge < -0.3 is 14.1 Å². The van der Waals surface area contributed by atoms with Gasteiger partial charge in [-0.3, -0.25) is 19.5 Å². The van der Waals surface area contributed by atoms with E-state index in [1.807, 2.05) is 0 Å². The monoisotopic (exact) mass is 351 g/mol. The quantitative estimate of drug-likeness (QED) is 0.387. The highest BCUT2D eigenvalue weighted by Gasteiger charge is 2.15. The topological polar surface area (TPSA) is 108 Å². The van der Waals surface area contributed by atoms with Crippen molar-refractivity contribution in [1.82, 2.24) is 9.47 Å². The molecule has 136 valence electrons. The van der Waals surface area contributed by atoms with Crippen LogP contribution in [0.25, 0.3) is 11.1 Å². The van der Waals surface area contributed by atoms with Crippen LogP contribution in [-0.4, -0.2) is 47.6 Å². The SMILES string of the molecule is COCCCN(C)C(=O)CCCn1c(=O)oc2cc([N+](=O)[O-])ccc21. The number of aromatic nitrogens is 1. The molecule has 0 fully saturated rings. The van der Waals surface area contributed by atoms with Crippen molar-refractivity contribution in [1.29, 1.82) is 0 Å². The maximum Gasteiger partial charge on any atom is 0.419 e. The molecule has 25 heavy (non-hydrogen) atoms. The number of nitro groups is 1. The van der Waals surface area contributed by atoms with E-state index in [1.165, 1.54) is 22.8 Å². The van der Waals surface area contributed by atoms with Crippen molar-refractivity contribution < 1.29 is 18.9 Å². The first-order valence-electron chi connectivity index (χ1n) is 7.94. The molecule has 0 aliphatic heterocycles. The fourth-order valence-corrected chi connectivity index (χ4v) is 2.53. The average molecular weight is 351 g/mol. The molecule has 0 radical (unpaired) electrons. The van der Waals surface area contributed by atoms with Gasteiger partial charge in [0.2, 0.25) is 5.91 Å². The number of rotatable bonds is 9. The highest BCUT2D eigenvalue weighted by molar-refractivity contribution is 5.76. The Bertz CT molecular complexity index is 810. The first-order valence-corrected chi connectivity index (χ1v) is 7.94. The molecule has 1 aromatic carbocycles. The highest BCUT2D eigenvalue weighted by atomic mass is 16.6. The Morgan fingerprint density at radius 3 is 2.84 bits per heavy atom. The molecule has 1 aromatic heterocycles. The van der Waals surface area contributed by atoms with E-state index in [2.05, 4.69) is 0 Å². The molecule has 0 saturated heterocycles. The van der Waals surface area contributed by atoms with E-state index in [1.54, 1.807) is 19.1 Å². The third kappa shape index (κ3) is 4.66. The van der Waals surface area contributed by atoms with Crippen LogP contribution in [0.4, 0.5) is 5.69 Å². The first kappa shape index (κ1) is 18.7. The zero-order valence-corrected chi connectivity index (χ0v) is 14.3. The number of non-ortho nitro benzene ring substituents is 1. The van der Waals surface area contributed by atoms with Gasteiger partial charge in [-0.25, -0.2) is 4.79 Å². The second-order valence-electron chi connectivity index (χ2n) is 5.69. The summed E-state index contributed by atoms with van der Waals surface area (Å²) in [6.07, 6.45) is 1.54. The van der Waals surface area contributed by atoms with Crippen molar-refractivity contribution in [2.75, 3.05) is 27.3 Å². The molecule has 2 aromatic rings. The van der Waals surface area contributed by atoms with Gasteiger partial charge >= 0.3 is 5.76 Å². The first-order chi connectivity index (χ1) is 11.9. The van der Waals surface area contributed by atoms with E-state index in [4.69, 9.17) is 9.15 Å². The molecule has 1 heterocycles. The minimum Gasteiger partial charge on any atom is -0.407 e. The summed E-state index contributed by atoms with van der Waals surface area (Å²) in [5.41, 5.74) is 0.514. The third-order valence-corrected chi connectivity index (χ3v) is 3.90. The van der Waals surface area contributed by atoms with Gasteiger partial charge in [0, 0.05) is 46.3 Å². The average Bonchev–Trinajstić information content (AvgIpc) is 2.89. The molecule has 0 unspecified atom stereocenters. The van der Waals surface area contributed by atoms with E-state index in [-0.39, 0.29) is 17.2 Å². The largest absolute Gasteiger partial charge is 0.419 e. The van der Waals surface area contributed by atoms with Crippen LogP contribution < -0.4 is 5.76 Å². The van der Waals surface area contributed by atoms with Crippen molar-refractivity contribution in [3.8, 4) is 0 Å². The number of carbonyl (C=O) groups excluding carboxylic acids is 1. The predicted octanol–water partition coefficient (Wildman–Crippen LogP) is 1.78. The van der Waals surface area contributed by atoms with Crippen LogP contribution in [0.3, 0.4) is 0 Å². The second-order valence-corrected chi connectivity index (χ2v) is 5.69. The van der Waals surface area contributed by atoms with Gasteiger partial charge in [0.1, 0.15) is 0 Å². The smallest absolute Gasteiger partial charge is 0.407 e. The minimum absolute atomic E-state index is 0.00686. The summed E-state index contributed by atoms with van der Waals surface area (Å²) >= 11 is 0. The van der Waals surface area contributed by atoms with Crippen molar-refractivity contribution >= 4 is 22.7 Å². The van der Waals surface area contributed by atoms with Crippen molar-refractivity contribution in [2.24, 2.45) is 0 Å². The van der Waals surface area contributed by atoms with Crippen LogP contribution in [-0.2, 0) is 16.1 Å².